The lowest BCUT2D eigenvalue weighted by atomic mass is 10.1. The van der Waals surface area contributed by atoms with Crippen LogP contribution in [-0.4, -0.2) is 37.1 Å². The molecule has 98 valence electrons. The Morgan fingerprint density at radius 3 is 2.72 bits per heavy atom. The second kappa shape index (κ2) is 5.87. The van der Waals surface area contributed by atoms with E-state index in [1.807, 2.05) is 38.2 Å². The number of anilines is 1. The predicted octanol–water partition coefficient (Wildman–Crippen LogP) is 2.21. The van der Waals surface area contributed by atoms with Gasteiger partial charge >= 0.3 is 6.03 Å². The van der Waals surface area contributed by atoms with Gasteiger partial charge in [-0.1, -0.05) is 17.7 Å². The van der Waals surface area contributed by atoms with Gasteiger partial charge < -0.3 is 15.5 Å². The highest BCUT2D eigenvalue weighted by atomic mass is 16.2. The highest BCUT2D eigenvalue weighted by Crippen LogP contribution is 2.12. The van der Waals surface area contributed by atoms with Gasteiger partial charge in [-0.15, -0.1) is 0 Å². The summed E-state index contributed by atoms with van der Waals surface area (Å²) in [7, 11) is 1.86. The first kappa shape index (κ1) is 12.9. The van der Waals surface area contributed by atoms with Crippen molar-refractivity contribution in [1.29, 1.82) is 0 Å². The minimum atomic E-state index is -0.0347. The van der Waals surface area contributed by atoms with Crippen LogP contribution in [0.3, 0.4) is 0 Å². The number of urea groups is 1. The Hall–Kier alpha value is -1.55. The molecule has 0 radical (unpaired) electrons. The fourth-order valence-electron chi connectivity index (χ4n) is 2.18. The molecule has 2 rings (SSSR count). The Morgan fingerprint density at radius 1 is 1.39 bits per heavy atom. The van der Waals surface area contributed by atoms with Gasteiger partial charge in [0, 0.05) is 25.3 Å². The minimum absolute atomic E-state index is 0.0347. The van der Waals surface area contributed by atoms with Gasteiger partial charge in [-0.25, -0.2) is 4.79 Å². The third kappa shape index (κ3) is 3.23. The Labute approximate surface area is 108 Å². The van der Waals surface area contributed by atoms with E-state index < -0.39 is 0 Å². The van der Waals surface area contributed by atoms with Crippen molar-refractivity contribution < 1.29 is 4.79 Å². The second-order valence-electron chi connectivity index (χ2n) is 4.91. The monoisotopic (exact) mass is 247 g/mol. The number of benzene rings is 1. The molecule has 1 aromatic rings. The van der Waals surface area contributed by atoms with Crippen LogP contribution in [0.5, 0.6) is 0 Å². The Kier molecular flexibility index (Phi) is 4.20. The quantitative estimate of drug-likeness (QED) is 0.841. The maximum Gasteiger partial charge on any atom is 0.321 e. The largest absolute Gasteiger partial charge is 0.323 e. The number of hydrogen-bond donors (Lipinski definition) is 2. The molecule has 1 saturated heterocycles. The summed E-state index contributed by atoms with van der Waals surface area (Å²) in [6.45, 7) is 3.98. The van der Waals surface area contributed by atoms with Crippen LogP contribution in [0.15, 0.2) is 24.3 Å². The molecule has 1 aromatic carbocycles. The maximum absolute atomic E-state index is 12.1. The molecule has 2 amide bonds. The average molecular weight is 247 g/mol. The standard InChI is InChI=1S/C14H21N3O/c1-11-5-7-12(8-6-11)16-14(18)17(2)13-4-3-9-15-10-13/h5-8,13,15H,3-4,9-10H2,1-2H3,(H,16,18). The van der Waals surface area contributed by atoms with E-state index in [2.05, 4.69) is 10.6 Å². The van der Waals surface area contributed by atoms with Gasteiger partial charge in [-0.2, -0.15) is 0 Å². The van der Waals surface area contributed by atoms with Gasteiger partial charge in [0.2, 0.25) is 0 Å². The predicted molar refractivity (Wildman–Crippen MR) is 73.9 cm³/mol. The van der Waals surface area contributed by atoms with E-state index in [9.17, 15) is 4.79 Å². The van der Waals surface area contributed by atoms with E-state index in [1.165, 1.54) is 5.56 Å². The van der Waals surface area contributed by atoms with Gasteiger partial charge in [0.25, 0.3) is 0 Å². The highest BCUT2D eigenvalue weighted by Gasteiger charge is 2.21. The fraction of sp³-hybridized carbons (Fsp3) is 0.500. The summed E-state index contributed by atoms with van der Waals surface area (Å²) >= 11 is 0. The van der Waals surface area contributed by atoms with Crippen molar-refractivity contribution in [1.82, 2.24) is 10.2 Å². The molecule has 4 nitrogen and oxygen atoms in total. The van der Waals surface area contributed by atoms with Crippen LogP contribution in [0.2, 0.25) is 0 Å². The zero-order valence-corrected chi connectivity index (χ0v) is 11.1. The molecular formula is C14H21N3O. The number of hydrogen-bond acceptors (Lipinski definition) is 2. The first-order valence-electron chi connectivity index (χ1n) is 6.48. The Morgan fingerprint density at radius 2 is 2.11 bits per heavy atom. The molecule has 1 atom stereocenters. The number of amides is 2. The second-order valence-corrected chi connectivity index (χ2v) is 4.91. The minimum Gasteiger partial charge on any atom is -0.323 e. The molecule has 1 heterocycles. The van der Waals surface area contributed by atoms with Gasteiger partial charge in [0.05, 0.1) is 0 Å². The number of rotatable bonds is 2. The lowest BCUT2D eigenvalue weighted by Gasteiger charge is -2.31. The van der Waals surface area contributed by atoms with Crippen LogP contribution in [0.4, 0.5) is 10.5 Å². The number of piperidine rings is 1. The van der Waals surface area contributed by atoms with Crippen LogP contribution in [-0.2, 0) is 0 Å². The number of nitrogens with zero attached hydrogens (tertiary/aromatic N) is 1. The van der Waals surface area contributed by atoms with Gasteiger partial charge in [0.15, 0.2) is 0 Å². The average Bonchev–Trinajstić information content (AvgIpc) is 2.41. The third-order valence-corrected chi connectivity index (χ3v) is 3.44. The number of likely N-dealkylation sites (N-methyl/N-ethyl adjacent to an activating group) is 1. The summed E-state index contributed by atoms with van der Waals surface area (Å²) < 4.78 is 0. The lowest BCUT2D eigenvalue weighted by molar-refractivity contribution is 0.191. The van der Waals surface area contributed by atoms with Crippen LogP contribution < -0.4 is 10.6 Å². The fourth-order valence-corrected chi connectivity index (χ4v) is 2.18. The molecule has 1 fully saturated rings. The number of carbonyl (C=O) groups is 1. The van der Waals surface area contributed by atoms with Crippen LogP contribution in [0.1, 0.15) is 18.4 Å². The van der Waals surface area contributed by atoms with Gasteiger partial charge in [0.1, 0.15) is 0 Å². The molecular weight excluding hydrogens is 226 g/mol. The molecule has 0 aliphatic carbocycles. The number of nitrogens with one attached hydrogen (secondary N) is 2. The van der Waals surface area contributed by atoms with Crippen molar-refractivity contribution in [3.05, 3.63) is 29.8 Å². The van der Waals surface area contributed by atoms with Gasteiger partial charge in [-0.3, -0.25) is 0 Å². The van der Waals surface area contributed by atoms with Crippen molar-refractivity contribution >= 4 is 11.7 Å². The molecule has 0 bridgehead atoms. The van der Waals surface area contributed by atoms with E-state index in [4.69, 9.17) is 0 Å². The van der Waals surface area contributed by atoms with E-state index in [-0.39, 0.29) is 6.03 Å². The maximum atomic E-state index is 12.1. The Balaban J connectivity index is 1.92. The van der Waals surface area contributed by atoms with Crippen molar-refractivity contribution in [3.63, 3.8) is 0 Å². The summed E-state index contributed by atoms with van der Waals surface area (Å²) in [5.41, 5.74) is 2.04. The van der Waals surface area contributed by atoms with Crippen molar-refractivity contribution in [2.75, 3.05) is 25.5 Å². The Bertz CT molecular complexity index is 396. The topological polar surface area (TPSA) is 44.4 Å². The molecule has 18 heavy (non-hydrogen) atoms. The summed E-state index contributed by atoms with van der Waals surface area (Å²) in [5, 5.41) is 6.25. The molecule has 0 saturated carbocycles. The van der Waals surface area contributed by atoms with Crippen LogP contribution in [0, 0.1) is 6.92 Å². The zero-order valence-electron chi connectivity index (χ0n) is 11.1. The summed E-state index contributed by atoms with van der Waals surface area (Å²) in [4.78, 5) is 13.9. The first-order valence-corrected chi connectivity index (χ1v) is 6.48. The summed E-state index contributed by atoms with van der Waals surface area (Å²) in [6, 6.07) is 8.12. The first-order chi connectivity index (χ1) is 8.66. The van der Waals surface area contributed by atoms with E-state index in [0.29, 0.717) is 6.04 Å². The number of carbonyl (C=O) groups excluding carboxylic acids is 1. The highest BCUT2D eigenvalue weighted by molar-refractivity contribution is 5.89. The van der Waals surface area contributed by atoms with Gasteiger partial charge in [-0.05, 0) is 38.4 Å². The van der Waals surface area contributed by atoms with Crippen molar-refractivity contribution in [2.45, 2.75) is 25.8 Å². The SMILES string of the molecule is Cc1ccc(NC(=O)N(C)C2CCCNC2)cc1. The summed E-state index contributed by atoms with van der Waals surface area (Å²) in [5.74, 6) is 0. The molecule has 1 unspecified atom stereocenters. The van der Waals surface area contributed by atoms with Crippen molar-refractivity contribution in [2.24, 2.45) is 0 Å². The van der Waals surface area contributed by atoms with E-state index >= 15 is 0 Å². The molecule has 1 aliphatic heterocycles. The molecule has 1 aliphatic rings. The third-order valence-electron chi connectivity index (χ3n) is 3.44. The molecule has 2 N–H and O–H groups in total. The molecule has 0 aromatic heterocycles. The summed E-state index contributed by atoms with van der Waals surface area (Å²) in [6.07, 6.45) is 2.21. The van der Waals surface area contributed by atoms with E-state index in [1.54, 1.807) is 4.90 Å². The van der Waals surface area contributed by atoms with Crippen LogP contribution >= 0.6 is 0 Å². The van der Waals surface area contributed by atoms with Crippen molar-refractivity contribution in [3.8, 4) is 0 Å². The normalized spacial score (nSPS) is 19.3. The lowest BCUT2D eigenvalue weighted by Crippen LogP contribution is -2.48. The number of aryl methyl sites for hydroxylation is 1. The van der Waals surface area contributed by atoms with E-state index in [0.717, 1.165) is 31.6 Å². The molecule has 4 heteroatoms. The zero-order chi connectivity index (χ0) is 13.0. The van der Waals surface area contributed by atoms with Crippen LogP contribution in [0.25, 0.3) is 0 Å². The molecule has 0 spiro atoms. The smallest absolute Gasteiger partial charge is 0.321 e.